The maximum absolute atomic E-state index is 10.5. The van der Waals surface area contributed by atoms with Gasteiger partial charge < -0.3 is 5.32 Å². The molecule has 1 aromatic heterocycles. The second kappa shape index (κ2) is 5.48. The van der Waals surface area contributed by atoms with Crippen LogP contribution >= 0.6 is 0 Å². The molecule has 0 aliphatic carbocycles. The van der Waals surface area contributed by atoms with Crippen LogP contribution in [0.2, 0.25) is 0 Å². The zero-order chi connectivity index (χ0) is 13.8. The topological polar surface area (TPSA) is 68.1 Å². The quantitative estimate of drug-likeness (QED) is 0.672. The van der Waals surface area contributed by atoms with E-state index in [1.807, 2.05) is 32.0 Å². The van der Waals surface area contributed by atoms with Crippen LogP contribution in [-0.2, 0) is 0 Å². The summed E-state index contributed by atoms with van der Waals surface area (Å²) in [5.41, 5.74) is 2.34. The molecule has 1 atom stereocenters. The number of nitrogens with zero attached hydrogens (tertiary/aromatic N) is 2. The third-order valence-corrected chi connectivity index (χ3v) is 2.87. The molecular formula is C14H15N3O2. The van der Waals surface area contributed by atoms with E-state index >= 15 is 0 Å². The number of hydrogen-bond donors (Lipinski definition) is 1. The molecule has 0 fully saturated rings. The zero-order valence-corrected chi connectivity index (χ0v) is 10.8. The molecule has 2 rings (SSSR count). The van der Waals surface area contributed by atoms with Crippen molar-refractivity contribution in [2.24, 2.45) is 0 Å². The summed E-state index contributed by atoms with van der Waals surface area (Å²) in [6.07, 6.45) is 1.26. The van der Waals surface area contributed by atoms with Crippen molar-refractivity contribution in [1.29, 1.82) is 0 Å². The lowest BCUT2D eigenvalue weighted by Gasteiger charge is -2.15. The molecule has 1 N–H and O–H groups in total. The number of hydrogen-bond acceptors (Lipinski definition) is 4. The van der Waals surface area contributed by atoms with Crippen LogP contribution in [-0.4, -0.2) is 9.91 Å². The van der Waals surface area contributed by atoms with Crippen molar-refractivity contribution in [3.8, 4) is 0 Å². The molecule has 0 aliphatic heterocycles. The Morgan fingerprint density at radius 2 is 2.11 bits per heavy atom. The second-order valence-electron chi connectivity index (χ2n) is 4.44. The van der Waals surface area contributed by atoms with Gasteiger partial charge in [0, 0.05) is 12.1 Å². The summed E-state index contributed by atoms with van der Waals surface area (Å²) in [6, 6.07) is 11.3. The van der Waals surface area contributed by atoms with Crippen LogP contribution in [0.3, 0.4) is 0 Å². The summed E-state index contributed by atoms with van der Waals surface area (Å²) < 4.78 is 0. The number of rotatable bonds is 4. The Kier molecular flexibility index (Phi) is 3.75. The van der Waals surface area contributed by atoms with Gasteiger partial charge >= 0.3 is 0 Å². The van der Waals surface area contributed by atoms with E-state index in [2.05, 4.69) is 16.4 Å². The van der Waals surface area contributed by atoms with Gasteiger partial charge in [0.15, 0.2) is 0 Å². The fourth-order valence-corrected chi connectivity index (χ4v) is 1.82. The molecule has 0 aliphatic rings. The first-order valence-corrected chi connectivity index (χ1v) is 6.00. The van der Waals surface area contributed by atoms with Gasteiger partial charge in [-0.25, -0.2) is 4.98 Å². The number of anilines is 1. The fourth-order valence-electron chi connectivity index (χ4n) is 1.82. The van der Waals surface area contributed by atoms with E-state index in [9.17, 15) is 10.1 Å². The van der Waals surface area contributed by atoms with Crippen molar-refractivity contribution in [2.45, 2.75) is 19.9 Å². The van der Waals surface area contributed by atoms with Gasteiger partial charge in [0.2, 0.25) is 0 Å². The van der Waals surface area contributed by atoms with Crippen molar-refractivity contribution < 1.29 is 4.92 Å². The summed E-state index contributed by atoms with van der Waals surface area (Å²) in [6.45, 7) is 4.07. The first-order valence-electron chi connectivity index (χ1n) is 6.00. The zero-order valence-electron chi connectivity index (χ0n) is 10.8. The van der Waals surface area contributed by atoms with Gasteiger partial charge in [-0.3, -0.25) is 10.1 Å². The summed E-state index contributed by atoms with van der Waals surface area (Å²) >= 11 is 0. The molecule has 98 valence electrons. The molecule has 0 spiro atoms. The van der Waals surface area contributed by atoms with Gasteiger partial charge in [0.1, 0.15) is 12.0 Å². The predicted molar refractivity (Wildman–Crippen MR) is 74.1 cm³/mol. The van der Waals surface area contributed by atoms with Crippen LogP contribution in [0, 0.1) is 17.0 Å². The first-order chi connectivity index (χ1) is 9.06. The average molecular weight is 257 g/mol. The number of aromatic nitrogens is 1. The van der Waals surface area contributed by atoms with E-state index in [0.717, 1.165) is 5.56 Å². The number of nitrogens with one attached hydrogen (secondary N) is 1. The average Bonchev–Trinajstić information content (AvgIpc) is 2.39. The maximum atomic E-state index is 10.5. The largest absolute Gasteiger partial charge is 0.364 e. The van der Waals surface area contributed by atoms with Crippen LogP contribution in [0.5, 0.6) is 0 Å². The monoisotopic (exact) mass is 257 g/mol. The van der Waals surface area contributed by atoms with Gasteiger partial charge in [0.25, 0.3) is 5.69 Å². The van der Waals surface area contributed by atoms with Gasteiger partial charge in [0.05, 0.1) is 4.92 Å². The van der Waals surface area contributed by atoms with E-state index in [-0.39, 0.29) is 11.7 Å². The Labute approximate surface area is 111 Å². The van der Waals surface area contributed by atoms with Crippen LogP contribution < -0.4 is 5.32 Å². The Hall–Kier alpha value is -2.43. The molecular weight excluding hydrogens is 242 g/mol. The van der Waals surface area contributed by atoms with E-state index in [4.69, 9.17) is 0 Å². The number of nitro groups is 1. The fraction of sp³-hybridized carbons (Fsp3) is 0.214. The summed E-state index contributed by atoms with van der Waals surface area (Å²) in [7, 11) is 0. The standard InChI is InChI=1S/C14H15N3O2/c1-10-4-3-5-12(8-10)11(2)16-14-7-6-13(9-15-14)17(18)19/h3-9,11H,1-2H3,(H,15,16)/t11-/m1/s1. The van der Waals surface area contributed by atoms with Crippen molar-refractivity contribution in [2.75, 3.05) is 5.32 Å². The summed E-state index contributed by atoms with van der Waals surface area (Å²) in [5, 5.41) is 13.8. The van der Waals surface area contributed by atoms with Crippen LogP contribution in [0.25, 0.3) is 0 Å². The molecule has 0 unspecified atom stereocenters. The predicted octanol–water partition coefficient (Wildman–Crippen LogP) is 3.47. The molecule has 0 amide bonds. The third kappa shape index (κ3) is 3.28. The van der Waals surface area contributed by atoms with Crippen LogP contribution in [0.15, 0.2) is 42.6 Å². The normalized spacial score (nSPS) is 11.9. The lowest BCUT2D eigenvalue weighted by molar-refractivity contribution is -0.385. The van der Waals surface area contributed by atoms with E-state index in [0.29, 0.717) is 5.82 Å². The molecule has 5 heteroatoms. The minimum Gasteiger partial charge on any atom is -0.364 e. The van der Waals surface area contributed by atoms with Crippen molar-refractivity contribution in [3.05, 3.63) is 63.8 Å². The SMILES string of the molecule is Cc1cccc([C@@H](C)Nc2ccc([N+](=O)[O-])cn2)c1. The Bertz CT molecular complexity index is 581. The number of aryl methyl sites for hydroxylation is 1. The smallest absolute Gasteiger partial charge is 0.287 e. The van der Waals surface area contributed by atoms with E-state index < -0.39 is 4.92 Å². The molecule has 0 bridgehead atoms. The van der Waals surface area contributed by atoms with Gasteiger partial charge in [-0.15, -0.1) is 0 Å². The summed E-state index contributed by atoms with van der Waals surface area (Å²) in [5.74, 6) is 0.625. The molecule has 1 heterocycles. The molecule has 0 saturated carbocycles. The molecule has 0 saturated heterocycles. The Morgan fingerprint density at radius 1 is 1.32 bits per heavy atom. The van der Waals surface area contributed by atoms with Crippen molar-refractivity contribution in [3.63, 3.8) is 0 Å². The first kappa shape index (κ1) is 13.0. The molecule has 5 nitrogen and oxygen atoms in total. The van der Waals surface area contributed by atoms with E-state index in [1.165, 1.54) is 17.8 Å². The van der Waals surface area contributed by atoms with Crippen LogP contribution in [0.1, 0.15) is 24.1 Å². The van der Waals surface area contributed by atoms with Crippen molar-refractivity contribution >= 4 is 11.5 Å². The second-order valence-corrected chi connectivity index (χ2v) is 4.44. The lowest BCUT2D eigenvalue weighted by atomic mass is 10.1. The van der Waals surface area contributed by atoms with Crippen LogP contribution in [0.4, 0.5) is 11.5 Å². The Balaban J connectivity index is 2.10. The highest BCUT2D eigenvalue weighted by Gasteiger charge is 2.08. The minimum atomic E-state index is -0.458. The van der Waals surface area contributed by atoms with E-state index in [1.54, 1.807) is 6.07 Å². The van der Waals surface area contributed by atoms with Gasteiger partial charge in [-0.05, 0) is 25.5 Å². The highest BCUT2D eigenvalue weighted by Crippen LogP contribution is 2.20. The molecule has 0 radical (unpaired) electrons. The lowest BCUT2D eigenvalue weighted by Crippen LogP contribution is -2.08. The minimum absolute atomic E-state index is 0.00578. The molecule has 2 aromatic rings. The third-order valence-electron chi connectivity index (χ3n) is 2.87. The summed E-state index contributed by atoms with van der Waals surface area (Å²) in [4.78, 5) is 14.1. The highest BCUT2D eigenvalue weighted by atomic mass is 16.6. The Morgan fingerprint density at radius 3 is 2.68 bits per heavy atom. The van der Waals surface area contributed by atoms with Gasteiger partial charge in [-0.1, -0.05) is 29.8 Å². The molecule has 1 aromatic carbocycles. The maximum Gasteiger partial charge on any atom is 0.287 e. The number of pyridine rings is 1. The number of benzene rings is 1. The van der Waals surface area contributed by atoms with Crippen molar-refractivity contribution in [1.82, 2.24) is 4.98 Å². The van der Waals surface area contributed by atoms with Gasteiger partial charge in [-0.2, -0.15) is 0 Å². The molecule has 19 heavy (non-hydrogen) atoms. The highest BCUT2D eigenvalue weighted by molar-refractivity contribution is 5.42.